The average Bonchev–Trinajstić information content (AvgIpc) is 3.29. The van der Waals surface area contributed by atoms with E-state index in [9.17, 15) is 9.59 Å². The summed E-state index contributed by atoms with van der Waals surface area (Å²) in [5.74, 6) is 1.49. The number of hydrogen-bond donors (Lipinski definition) is 0. The van der Waals surface area contributed by atoms with Crippen LogP contribution in [-0.2, 0) is 9.59 Å². The summed E-state index contributed by atoms with van der Waals surface area (Å²) >= 11 is 0. The molecule has 0 radical (unpaired) electrons. The van der Waals surface area contributed by atoms with Crippen molar-refractivity contribution in [1.82, 2.24) is 0 Å². The largest absolute Gasteiger partial charge is 0.457 e. The molecule has 136 valence electrons. The monoisotopic (exact) mass is 359 g/mol. The highest BCUT2D eigenvalue weighted by molar-refractivity contribution is 6.22. The lowest BCUT2D eigenvalue weighted by Gasteiger charge is -2.17. The fourth-order valence-electron chi connectivity index (χ4n) is 4.95. The number of imide groups is 1. The van der Waals surface area contributed by atoms with Gasteiger partial charge in [-0.05, 0) is 79.6 Å². The lowest BCUT2D eigenvalue weighted by atomic mass is 9.85. The lowest BCUT2D eigenvalue weighted by molar-refractivity contribution is -0.123. The third-order valence-corrected chi connectivity index (χ3v) is 6.00. The Bertz CT molecular complexity index is 925. The van der Waals surface area contributed by atoms with Crippen LogP contribution in [0.15, 0.2) is 54.6 Å². The molecule has 0 aromatic heterocycles. The van der Waals surface area contributed by atoms with Crippen molar-refractivity contribution in [2.75, 3.05) is 4.90 Å². The fraction of sp³-hybridized carbons (Fsp3) is 0.304. The summed E-state index contributed by atoms with van der Waals surface area (Å²) in [7, 11) is 0. The standard InChI is InChI=1S/C23H21NO3/c1-13-9-14(2)11-19(10-13)27-18-7-5-17(6-8-18)24-22(25)20-15-3-4-16(12-15)21(20)23(24)26/h3-11,15-16,20-21H,12H2,1-2H3/t15-,16-,20-,21+/m0/s1. The summed E-state index contributed by atoms with van der Waals surface area (Å²) in [6.07, 6.45) is 5.17. The lowest BCUT2D eigenvalue weighted by Crippen LogP contribution is -2.32. The number of carbonyl (C=O) groups is 2. The van der Waals surface area contributed by atoms with E-state index in [0.29, 0.717) is 11.4 Å². The number of aryl methyl sites for hydroxylation is 2. The van der Waals surface area contributed by atoms with E-state index in [4.69, 9.17) is 4.74 Å². The Morgan fingerprint density at radius 3 is 1.93 bits per heavy atom. The van der Waals surface area contributed by atoms with Gasteiger partial charge in [0.2, 0.25) is 11.8 Å². The molecule has 2 fully saturated rings. The van der Waals surface area contributed by atoms with E-state index < -0.39 is 0 Å². The van der Waals surface area contributed by atoms with E-state index in [2.05, 4.69) is 18.2 Å². The van der Waals surface area contributed by atoms with Crippen molar-refractivity contribution in [2.45, 2.75) is 20.3 Å². The molecule has 2 aromatic rings. The minimum Gasteiger partial charge on any atom is -0.457 e. The molecule has 0 spiro atoms. The predicted molar refractivity (Wildman–Crippen MR) is 103 cm³/mol. The van der Waals surface area contributed by atoms with E-state index in [0.717, 1.165) is 23.3 Å². The second kappa shape index (κ2) is 5.81. The maximum atomic E-state index is 12.9. The Labute approximate surface area is 158 Å². The number of benzene rings is 2. The van der Waals surface area contributed by atoms with E-state index in [-0.39, 0.29) is 35.5 Å². The first-order valence-electron chi connectivity index (χ1n) is 9.43. The summed E-state index contributed by atoms with van der Waals surface area (Å²) in [5, 5.41) is 0. The second-order valence-electron chi connectivity index (χ2n) is 7.93. The van der Waals surface area contributed by atoms with Crippen molar-refractivity contribution in [3.05, 3.63) is 65.7 Å². The van der Waals surface area contributed by atoms with E-state index in [1.165, 1.54) is 4.90 Å². The minimum atomic E-state index is -0.168. The summed E-state index contributed by atoms with van der Waals surface area (Å²) < 4.78 is 5.93. The van der Waals surface area contributed by atoms with Crippen molar-refractivity contribution in [3.63, 3.8) is 0 Å². The molecule has 1 heterocycles. The molecule has 4 atom stereocenters. The Morgan fingerprint density at radius 1 is 0.815 bits per heavy atom. The number of carbonyl (C=O) groups excluding carboxylic acids is 2. The Balaban J connectivity index is 1.38. The third-order valence-electron chi connectivity index (χ3n) is 6.00. The molecule has 3 aliphatic rings. The molecule has 1 aliphatic heterocycles. The van der Waals surface area contributed by atoms with Gasteiger partial charge in [0.1, 0.15) is 11.5 Å². The van der Waals surface area contributed by atoms with E-state index in [1.54, 1.807) is 12.1 Å². The quantitative estimate of drug-likeness (QED) is 0.602. The van der Waals surface area contributed by atoms with Gasteiger partial charge >= 0.3 is 0 Å². The first-order chi connectivity index (χ1) is 13.0. The van der Waals surface area contributed by atoms with Crippen LogP contribution in [0, 0.1) is 37.5 Å². The van der Waals surface area contributed by atoms with Crippen molar-refractivity contribution in [2.24, 2.45) is 23.7 Å². The highest BCUT2D eigenvalue weighted by atomic mass is 16.5. The Morgan fingerprint density at radius 2 is 1.37 bits per heavy atom. The third kappa shape index (κ3) is 2.51. The number of fused-ring (bicyclic) bond motifs is 5. The molecular weight excluding hydrogens is 338 g/mol. The van der Waals surface area contributed by atoms with Gasteiger partial charge in [-0.15, -0.1) is 0 Å². The predicted octanol–water partition coefficient (Wildman–Crippen LogP) is 4.41. The van der Waals surface area contributed by atoms with Gasteiger partial charge in [-0.2, -0.15) is 0 Å². The highest BCUT2D eigenvalue weighted by Gasteiger charge is 2.59. The van der Waals surface area contributed by atoms with Crippen molar-refractivity contribution < 1.29 is 14.3 Å². The van der Waals surface area contributed by atoms with Crippen LogP contribution in [0.25, 0.3) is 0 Å². The molecule has 2 aliphatic carbocycles. The van der Waals surface area contributed by atoms with Crippen LogP contribution in [0.1, 0.15) is 17.5 Å². The van der Waals surface area contributed by atoms with Crippen LogP contribution >= 0.6 is 0 Å². The minimum absolute atomic E-state index is 0.0511. The number of allylic oxidation sites excluding steroid dienone is 2. The zero-order valence-corrected chi connectivity index (χ0v) is 15.4. The van der Waals surface area contributed by atoms with Gasteiger partial charge in [-0.25, -0.2) is 0 Å². The number of nitrogens with zero attached hydrogens (tertiary/aromatic N) is 1. The Kier molecular flexibility index (Phi) is 3.51. The molecule has 0 N–H and O–H groups in total. The number of hydrogen-bond acceptors (Lipinski definition) is 3. The first kappa shape index (κ1) is 16.3. The fourth-order valence-corrected chi connectivity index (χ4v) is 4.95. The average molecular weight is 359 g/mol. The molecule has 2 aromatic carbocycles. The molecule has 5 rings (SSSR count). The van der Waals surface area contributed by atoms with Crippen LogP contribution in [-0.4, -0.2) is 11.8 Å². The first-order valence-corrected chi connectivity index (χ1v) is 9.43. The summed E-state index contributed by atoms with van der Waals surface area (Å²) in [5.41, 5.74) is 2.92. The normalized spacial score (nSPS) is 28.1. The maximum Gasteiger partial charge on any atom is 0.238 e. The zero-order valence-electron chi connectivity index (χ0n) is 15.4. The van der Waals surface area contributed by atoms with Gasteiger partial charge in [-0.3, -0.25) is 14.5 Å². The summed E-state index contributed by atoms with van der Waals surface area (Å²) in [6, 6.07) is 13.3. The number of rotatable bonds is 3. The highest BCUT2D eigenvalue weighted by Crippen LogP contribution is 2.53. The Hall–Kier alpha value is -2.88. The molecule has 2 bridgehead atoms. The smallest absolute Gasteiger partial charge is 0.238 e. The summed E-state index contributed by atoms with van der Waals surface area (Å²) in [4.78, 5) is 27.1. The zero-order chi connectivity index (χ0) is 18.7. The van der Waals surface area contributed by atoms with Crippen molar-refractivity contribution in [3.8, 4) is 11.5 Å². The SMILES string of the molecule is Cc1cc(C)cc(Oc2ccc(N3C(=O)[C@@H]4[C@H](C3=O)[C@H]3C=C[C@H]4C3)cc2)c1. The van der Waals surface area contributed by atoms with Gasteiger partial charge < -0.3 is 4.74 Å². The van der Waals surface area contributed by atoms with Gasteiger partial charge in [0.25, 0.3) is 0 Å². The van der Waals surface area contributed by atoms with Crippen molar-refractivity contribution >= 4 is 17.5 Å². The molecule has 4 heteroatoms. The summed E-state index contributed by atoms with van der Waals surface area (Å²) in [6.45, 7) is 4.07. The van der Waals surface area contributed by atoms with E-state index >= 15 is 0 Å². The molecule has 0 unspecified atom stereocenters. The molecule has 1 saturated heterocycles. The second-order valence-corrected chi connectivity index (χ2v) is 7.93. The molecule has 2 amide bonds. The molecule has 27 heavy (non-hydrogen) atoms. The number of amides is 2. The van der Waals surface area contributed by atoms with Crippen LogP contribution in [0.5, 0.6) is 11.5 Å². The van der Waals surface area contributed by atoms with Crippen LogP contribution in [0.4, 0.5) is 5.69 Å². The maximum absolute atomic E-state index is 12.9. The van der Waals surface area contributed by atoms with Crippen LogP contribution < -0.4 is 9.64 Å². The van der Waals surface area contributed by atoms with Crippen LogP contribution in [0.3, 0.4) is 0 Å². The van der Waals surface area contributed by atoms with Crippen LogP contribution in [0.2, 0.25) is 0 Å². The van der Waals surface area contributed by atoms with Crippen molar-refractivity contribution in [1.29, 1.82) is 0 Å². The number of ether oxygens (including phenoxy) is 1. The number of anilines is 1. The van der Waals surface area contributed by atoms with Gasteiger partial charge in [-0.1, -0.05) is 18.2 Å². The molecule has 1 saturated carbocycles. The van der Waals surface area contributed by atoms with E-state index in [1.807, 2.05) is 38.1 Å². The van der Waals surface area contributed by atoms with Gasteiger partial charge in [0.15, 0.2) is 0 Å². The van der Waals surface area contributed by atoms with Gasteiger partial charge in [0, 0.05) is 0 Å². The van der Waals surface area contributed by atoms with Gasteiger partial charge in [0.05, 0.1) is 17.5 Å². The topological polar surface area (TPSA) is 46.6 Å². The molecular formula is C23H21NO3. The molecule has 4 nitrogen and oxygen atoms in total.